The predicted octanol–water partition coefficient (Wildman–Crippen LogP) is 13.1. The van der Waals surface area contributed by atoms with Crippen LogP contribution in [0.15, 0.2) is 170 Å². The van der Waals surface area contributed by atoms with Gasteiger partial charge in [0.2, 0.25) is 0 Å². The summed E-state index contributed by atoms with van der Waals surface area (Å²) in [5, 5.41) is 0. The maximum absolute atomic E-state index is 2.53. The second kappa shape index (κ2) is 10.4. The highest BCUT2D eigenvalue weighted by molar-refractivity contribution is 6.05. The van der Waals surface area contributed by atoms with Gasteiger partial charge in [0.25, 0.3) is 0 Å². The molecule has 8 aromatic carbocycles. The lowest BCUT2D eigenvalue weighted by Gasteiger charge is -2.37. The van der Waals surface area contributed by atoms with Crippen molar-refractivity contribution in [1.29, 1.82) is 0 Å². The van der Waals surface area contributed by atoms with Crippen molar-refractivity contribution in [2.75, 3.05) is 4.90 Å². The van der Waals surface area contributed by atoms with Gasteiger partial charge in [-0.2, -0.15) is 0 Å². The molecule has 4 aliphatic rings. The van der Waals surface area contributed by atoms with Gasteiger partial charge in [0, 0.05) is 17.1 Å². The quantitative estimate of drug-likeness (QED) is 0.179. The highest BCUT2D eigenvalue weighted by Crippen LogP contribution is 2.72. The molecule has 0 heterocycles. The van der Waals surface area contributed by atoms with Crippen LogP contribution in [0, 0.1) is 20.8 Å². The number of anilines is 3. The second-order valence-electron chi connectivity index (χ2n) is 15.8. The highest BCUT2D eigenvalue weighted by atomic mass is 15.1. The van der Waals surface area contributed by atoms with E-state index < -0.39 is 5.41 Å². The Morgan fingerprint density at radius 1 is 0.296 bits per heavy atom. The molecule has 4 aliphatic carbocycles. The molecule has 8 aromatic rings. The topological polar surface area (TPSA) is 3.24 Å². The minimum absolute atomic E-state index is 0.364. The number of para-hydroxylation sites is 2. The Balaban J connectivity index is 1.22. The van der Waals surface area contributed by atoms with Crippen LogP contribution in [0.4, 0.5) is 17.1 Å². The van der Waals surface area contributed by atoms with Crippen molar-refractivity contribution in [3.05, 3.63) is 231 Å². The number of benzene rings is 8. The molecular weight excluding hydrogens is 651 g/mol. The van der Waals surface area contributed by atoms with Crippen LogP contribution in [0.1, 0.15) is 61.2 Å². The zero-order valence-electron chi connectivity index (χ0n) is 30.6. The summed E-state index contributed by atoms with van der Waals surface area (Å²) in [7, 11) is 0. The Bertz CT molecular complexity index is 2770. The third kappa shape index (κ3) is 3.47. The van der Waals surface area contributed by atoms with Crippen molar-refractivity contribution in [2.24, 2.45) is 0 Å². The smallest absolute Gasteiger partial charge is 0.0726 e. The molecule has 0 saturated heterocycles. The number of aryl methyl sites for hydroxylation is 3. The van der Waals surface area contributed by atoms with Gasteiger partial charge in [-0.15, -0.1) is 0 Å². The molecular formula is C53H37N. The van der Waals surface area contributed by atoms with E-state index in [4.69, 9.17) is 0 Å². The van der Waals surface area contributed by atoms with E-state index >= 15 is 0 Å². The first kappa shape index (κ1) is 30.1. The van der Waals surface area contributed by atoms with Gasteiger partial charge in [0.05, 0.1) is 10.8 Å². The molecule has 0 saturated carbocycles. The van der Waals surface area contributed by atoms with Gasteiger partial charge in [-0.05, 0) is 135 Å². The van der Waals surface area contributed by atoms with Crippen LogP contribution in [-0.2, 0) is 10.8 Å². The van der Waals surface area contributed by atoms with Gasteiger partial charge >= 0.3 is 0 Å². The Hall–Kier alpha value is -6.44. The zero-order valence-corrected chi connectivity index (χ0v) is 30.6. The summed E-state index contributed by atoms with van der Waals surface area (Å²) < 4.78 is 0. The van der Waals surface area contributed by atoms with Gasteiger partial charge in [-0.25, -0.2) is 0 Å². The van der Waals surface area contributed by atoms with Crippen LogP contribution >= 0.6 is 0 Å². The van der Waals surface area contributed by atoms with Gasteiger partial charge in [-0.1, -0.05) is 150 Å². The van der Waals surface area contributed by atoms with E-state index in [1.54, 1.807) is 0 Å². The summed E-state index contributed by atoms with van der Waals surface area (Å²) in [6.07, 6.45) is 0. The fourth-order valence-corrected chi connectivity index (χ4v) is 11.1. The highest BCUT2D eigenvalue weighted by Gasteiger charge is 2.60. The monoisotopic (exact) mass is 687 g/mol. The average Bonchev–Trinajstić information content (AvgIpc) is 3.86. The lowest BCUT2D eigenvalue weighted by molar-refractivity contribution is 0.752. The van der Waals surface area contributed by atoms with Gasteiger partial charge in [0.1, 0.15) is 0 Å². The lowest BCUT2D eigenvalue weighted by Crippen LogP contribution is -2.31. The SMILES string of the molecule is Cc1ccc2c(c1)C1(c3cc(N(c4ccccc4)c4ccccc4)ccc3-2)c2cc(C)cc3c2-c2c(cc(C)cc21)C31c2ccccc2-c2ccccc21. The van der Waals surface area contributed by atoms with Crippen LogP contribution in [-0.4, -0.2) is 0 Å². The van der Waals surface area contributed by atoms with Crippen molar-refractivity contribution < 1.29 is 0 Å². The molecule has 0 atom stereocenters. The molecule has 0 amide bonds. The molecule has 1 heteroatoms. The van der Waals surface area contributed by atoms with Crippen LogP contribution in [0.5, 0.6) is 0 Å². The molecule has 1 nitrogen and oxygen atoms in total. The molecule has 12 rings (SSSR count). The minimum Gasteiger partial charge on any atom is -0.310 e. The number of hydrogen-bond donors (Lipinski definition) is 0. The maximum Gasteiger partial charge on any atom is 0.0726 e. The van der Waals surface area contributed by atoms with Crippen LogP contribution in [0.25, 0.3) is 33.4 Å². The van der Waals surface area contributed by atoms with Crippen LogP contribution < -0.4 is 4.90 Å². The molecule has 0 fully saturated rings. The average molecular weight is 688 g/mol. The molecule has 0 bridgehead atoms. The van der Waals surface area contributed by atoms with E-state index in [1.165, 1.54) is 94.6 Å². The van der Waals surface area contributed by atoms with Crippen molar-refractivity contribution in [3.63, 3.8) is 0 Å². The van der Waals surface area contributed by atoms with E-state index in [0.29, 0.717) is 0 Å². The first-order valence-corrected chi connectivity index (χ1v) is 19.2. The molecule has 0 aromatic heterocycles. The Kier molecular flexibility index (Phi) is 5.77. The number of nitrogens with zero attached hydrogens (tertiary/aromatic N) is 1. The summed E-state index contributed by atoms with van der Waals surface area (Å²) in [5.74, 6) is 0. The Labute approximate surface area is 316 Å². The van der Waals surface area contributed by atoms with Gasteiger partial charge < -0.3 is 4.90 Å². The van der Waals surface area contributed by atoms with E-state index in [1.807, 2.05) is 0 Å². The first-order valence-electron chi connectivity index (χ1n) is 19.2. The van der Waals surface area contributed by atoms with Gasteiger partial charge in [-0.3, -0.25) is 0 Å². The van der Waals surface area contributed by atoms with E-state index in [-0.39, 0.29) is 5.41 Å². The minimum atomic E-state index is -0.461. The summed E-state index contributed by atoms with van der Waals surface area (Å²) in [4.78, 5) is 2.41. The summed E-state index contributed by atoms with van der Waals surface area (Å²) in [6, 6.07) is 64.5. The second-order valence-corrected chi connectivity index (χ2v) is 15.8. The molecule has 254 valence electrons. The largest absolute Gasteiger partial charge is 0.310 e. The first-order chi connectivity index (χ1) is 26.5. The third-order valence-electron chi connectivity index (χ3n) is 12.9. The summed E-state index contributed by atoms with van der Waals surface area (Å²) >= 11 is 0. The number of hydrogen-bond acceptors (Lipinski definition) is 1. The van der Waals surface area contributed by atoms with Crippen molar-refractivity contribution >= 4 is 17.1 Å². The molecule has 0 aliphatic heterocycles. The summed E-state index contributed by atoms with van der Waals surface area (Å²) in [5.41, 5.74) is 26.1. The molecule has 54 heavy (non-hydrogen) atoms. The maximum atomic E-state index is 2.53. The number of rotatable bonds is 3. The fraction of sp³-hybridized carbons (Fsp3) is 0.0943. The Morgan fingerprint density at radius 2 is 0.685 bits per heavy atom. The van der Waals surface area contributed by atoms with Crippen molar-refractivity contribution in [1.82, 2.24) is 0 Å². The molecule has 0 radical (unpaired) electrons. The molecule has 0 unspecified atom stereocenters. The fourth-order valence-electron chi connectivity index (χ4n) is 11.1. The van der Waals surface area contributed by atoms with E-state index in [9.17, 15) is 0 Å². The summed E-state index contributed by atoms with van der Waals surface area (Å²) in [6.45, 7) is 6.88. The van der Waals surface area contributed by atoms with E-state index in [2.05, 4.69) is 196 Å². The standard InChI is InChI=1S/C53H37N/c1-32-22-24-40-41-25-23-37(54(35-14-6-4-7-15-35)36-16-8-5-9-17-36)31-45(41)53(44(40)26-32)48-29-33(2)27-46-50(48)51-47(28-34(3)30-49(51)53)52(46)42-20-12-10-18-38(42)39-19-11-13-21-43(39)52/h4-31H,1-3H3. The zero-order chi connectivity index (χ0) is 35.9. The third-order valence-corrected chi connectivity index (χ3v) is 12.9. The lowest BCUT2D eigenvalue weighted by atomic mass is 9.64. The molecule has 2 spiro atoms. The Morgan fingerprint density at radius 3 is 1.20 bits per heavy atom. The van der Waals surface area contributed by atoms with Crippen LogP contribution in [0.3, 0.4) is 0 Å². The number of fused-ring (bicyclic) bond motifs is 14. The normalized spacial score (nSPS) is 14.9. The van der Waals surface area contributed by atoms with Crippen molar-refractivity contribution in [3.8, 4) is 33.4 Å². The van der Waals surface area contributed by atoms with Gasteiger partial charge in [0.15, 0.2) is 0 Å². The van der Waals surface area contributed by atoms with Crippen molar-refractivity contribution in [2.45, 2.75) is 31.6 Å². The predicted molar refractivity (Wildman–Crippen MR) is 222 cm³/mol. The van der Waals surface area contributed by atoms with E-state index in [0.717, 1.165) is 17.1 Å². The molecule has 0 N–H and O–H groups in total. The van der Waals surface area contributed by atoms with Crippen LogP contribution in [0.2, 0.25) is 0 Å².